The lowest BCUT2D eigenvalue weighted by Gasteiger charge is -2.32. The summed E-state index contributed by atoms with van der Waals surface area (Å²) in [7, 11) is -0.751. The van der Waals surface area contributed by atoms with E-state index in [2.05, 4.69) is 10.2 Å². The summed E-state index contributed by atoms with van der Waals surface area (Å²) in [4.78, 5) is 0. The minimum Gasteiger partial charge on any atom is -0.399 e. The highest BCUT2D eigenvalue weighted by molar-refractivity contribution is 6.62. The maximum Gasteiger partial charge on any atom is 0.497 e. The van der Waals surface area contributed by atoms with Crippen LogP contribution in [-0.2, 0) is 9.31 Å². The SMILES string of the molecule is CC1(C)OB(c2ccc3[nH]nc(N)c3c2F)OC1(C)C. The van der Waals surface area contributed by atoms with Crippen molar-refractivity contribution in [3.05, 3.63) is 17.9 Å². The molecule has 5 nitrogen and oxygen atoms in total. The number of hydrogen-bond acceptors (Lipinski definition) is 4. The van der Waals surface area contributed by atoms with E-state index < -0.39 is 24.1 Å². The van der Waals surface area contributed by atoms with Gasteiger partial charge in [-0.3, -0.25) is 5.10 Å². The first-order valence-corrected chi connectivity index (χ1v) is 6.50. The summed E-state index contributed by atoms with van der Waals surface area (Å²) in [6.45, 7) is 7.70. The molecule has 1 aliphatic rings. The number of nitrogen functional groups attached to an aromatic ring is 1. The summed E-state index contributed by atoms with van der Waals surface area (Å²) >= 11 is 0. The molecule has 106 valence electrons. The van der Waals surface area contributed by atoms with Crippen molar-refractivity contribution < 1.29 is 13.7 Å². The number of hydrogen-bond donors (Lipinski definition) is 2. The Bertz CT molecular complexity index is 668. The van der Waals surface area contributed by atoms with Crippen molar-refractivity contribution in [1.82, 2.24) is 10.2 Å². The number of aromatic nitrogens is 2. The number of nitrogens with one attached hydrogen (secondary N) is 1. The number of fused-ring (bicyclic) bond motifs is 1. The molecule has 0 amide bonds. The van der Waals surface area contributed by atoms with Crippen molar-refractivity contribution in [2.75, 3.05) is 5.73 Å². The predicted octanol–water partition coefficient (Wildman–Crippen LogP) is 1.58. The molecule has 0 bridgehead atoms. The van der Waals surface area contributed by atoms with Gasteiger partial charge < -0.3 is 15.0 Å². The summed E-state index contributed by atoms with van der Waals surface area (Å²) in [6, 6.07) is 3.36. The van der Waals surface area contributed by atoms with E-state index in [1.807, 2.05) is 27.7 Å². The van der Waals surface area contributed by atoms with Gasteiger partial charge in [0.1, 0.15) is 5.82 Å². The molecular weight excluding hydrogens is 260 g/mol. The second-order valence-electron chi connectivity index (χ2n) is 6.09. The number of aromatic amines is 1. The molecule has 3 N–H and O–H groups in total. The lowest BCUT2D eigenvalue weighted by molar-refractivity contribution is 0.00578. The zero-order chi connectivity index (χ0) is 14.7. The molecule has 7 heteroatoms. The van der Waals surface area contributed by atoms with Crippen LogP contribution in [0.15, 0.2) is 12.1 Å². The summed E-state index contributed by atoms with van der Waals surface area (Å²) in [5.41, 5.74) is 5.55. The summed E-state index contributed by atoms with van der Waals surface area (Å²) in [6.07, 6.45) is 0. The molecule has 0 aliphatic carbocycles. The van der Waals surface area contributed by atoms with Crippen LogP contribution in [0.5, 0.6) is 0 Å². The van der Waals surface area contributed by atoms with Crippen molar-refractivity contribution in [2.45, 2.75) is 38.9 Å². The van der Waals surface area contributed by atoms with Gasteiger partial charge in [0.05, 0.1) is 22.1 Å². The van der Waals surface area contributed by atoms with Crippen LogP contribution >= 0.6 is 0 Å². The second kappa shape index (κ2) is 3.96. The molecule has 0 saturated carbocycles. The predicted molar refractivity (Wildman–Crippen MR) is 76.2 cm³/mol. The fourth-order valence-electron chi connectivity index (χ4n) is 2.26. The molecule has 1 aromatic carbocycles. The number of halogens is 1. The number of benzene rings is 1. The molecule has 2 heterocycles. The monoisotopic (exact) mass is 277 g/mol. The van der Waals surface area contributed by atoms with Gasteiger partial charge in [-0.2, -0.15) is 5.10 Å². The third-order valence-electron chi connectivity index (χ3n) is 4.23. The number of rotatable bonds is 1. The molecular formula is C13H17BFN3O2. The first kappa shape index (κ1) is 13.4. The average Bonchev–Trinajstić information content (AvgIpc) is 2.79. The molecule has 0 spiro atoms. The average molecular weight is 277 g/mol. The first-order valence-electron chi connectivity index (χ1n) is 6.50. The van der Waals surface area contributed by atoms with E-state index in [-0.39, 0.29) is 11.2 Å². The van der Waals surface area contributed by atoms with Gasteiger partial charge in [0, 0.05) is 5.46 Å². The largest absolute Gasteiger partial charge is 0.497 e. The zero-order valence-electron chi connectivity index (χ0n) is 12.0. The summed E-state index contributed by atoms with van der Waals surface area (Å²) in [5.74, 6) is -0.317. The summed E-state index contributed by atoms with van der Waals surface area (Å²) in [5, 5.41) is 6.77. The van der Waals surface area contributed by atoms with Crippen LogP contribution in [0.2, 0.25) is 0 Å². The highest BCUT2D eigenvalue weighted by Gasteiger charge is 2.52. The van der Waals surface area contributed by atoms with Crippen LogP contribution in [0.1, 0.15) is 27.7 Å². The van der Waals surface area contributed by atoms with Crippen LogP contribution in [-0.4, -0.2) is 28.5 Å². The van der Waals surface area contributed by atoms with Gasteiger partial charge in [0.15, 0.2) is 5.82 Å². The number of H-pyrrole nitrogens is 1. The van der Waals surface area contributed by atoms with E-state index >= 15 is 0 Å². The van der Waals surface area contributed by atoms with Crippen LogP contribution in [0.25, 0.3) is 10.9 Å². The molecule has 0 unspecified atom stereocenters. The highest BCUT2D eigenvalue weighted by Crippen LogP contribution is 2.37. The maximum absolute atomic E-state index is 14.6. The Morgan fingerprint density at radius 1 is 1.20 bits per heavy atom. The molecule has 20 heavy (non-hydrogen) atoms. The Kier molecular flexibility index (Phi) is 2.65. The van der Waals surface area contributed by atoms with Crippen molar-refractivity contribution >= 4 is 29.3 Å². The van der Waals surface area contributed by atoms with Crippen LogP contribution < -0.4 is 11.2 Å². The third-order valence-corrected chi connectivity index (χ3v) is 4.23. The maximum atomic E-state index is 14.6. The van der Waals surface area contributed by atoms with Gasteiger partial charge in [-0.15, -0.1) is 0 Å². The molecule has 0 radical (unpaired) electrons. The quantitative estimate of drug-likeness (QED) is 0.776. The Labute approximate surface area is 116 Å². The van der Waals surface area contributed by atoms with Gasteiger partial charge in [-0.1, -0.05) is 6.07 Å². The molecule has 1 aliphatic heterocycles. The van der Waals surface area contributed by atoms with Crippen LogP contribution in [0, 0.1) is 5.82 Å². The molecule has 1 fully saturated rings. The molecule has 3 rings (SSSR count). The van der Waals surface area contributed by atoms with Gasteiger partial charge in [-0.25, -0.2) is 4.39 Å². The minimum atomic E-state index is -0.751. The molecule has 1 saturated heterocycles. The lowest BCUT2D eigenvalue weighted by atomic mass is 9.78. The van der Waals surface area contributed by atoms with E-state index in [9.17, 15) is 4.39 Å². The smallest absolute Gasteiger partial charge is 0.399 e. The number of nitrogens with two attached hydrogens (primary N) is 1. The Balaban J connectivity index is 2.08. The standard InChI is InChI=1S/C13H17BFN3O2/c1-12(2)13(3,4)20-14(19-12)7-5-6-8-9(10(7)15)11(16)18-17-8/h5-6H,1-4H3,(H3,16,17,18). The van der Waals surface area contributed by atoms with Crippen molar-refractivity contribution in [2.24, 2.45) is 0 Å². The van der Waals surface area contributed by atoms with Crippen molar-refractivity contribution in [1.29, 1.82) is 0 Å². The number of nitrogens with zero attached hydrogens (tertiary/aromatic N) is 1. The fraction of sp³-hybridized carbons (Fsp3) is 0.462. The third kappa shape index (κ3) is 1.73. The number of anilines is 1. The van der Waals surface area contributed by atoms with Crippen molar-refractivity contribution in [3.63, 3.8) is 0 Å². The zero-order valence-corrected chi connectivity index (χ0v) is 12.0. The van der Waals surface area contributed by atoms with E-state index in [0.717, 1.165) is 0 Å². The first-order chi connectivity index (χ1) is 9.23. The molecule has 2 aromatic rings. The molecule has 0 atom stereocenters. The van der Waals surface area contributed by atoms with Crippen molar-refractivity contribution in [3.8, 4) is 0 Å². The second-order valence-corrected chi connectivity index (χ2v) is 6.09. The lowest BCUT2D eigenvalue weighted by Crippen LogP contribution is -2.41. The van der Waals surface area contributed by atoms with Gasteiger partial charge >= 0.3 is 7.12 Å². The van der Waals surface area contributed by atoms with Gasteiger partial charge in [0.25, 0.3) is 0 Å². The Hall–Kier alpha value is -1.60. The van der Waals surface area contributed by atoms with Gasteiger partial charge in [-0.05, 0) is 33.8 Å². The topological polar surface area (TPSA) is 73.2 Å². The Morgan fingerprint density at radius 3 is 2.40 bits per heavy atom. The van der Waals surface area contributed by atoms with E-state index in [1.165, 1.54) is 0 Å². The normalized spacial score (nSPS) is 20.8. The van der Waals surface area contributed by atoms with Crippen LogP contribution in [0.3, 0.4) is 0 Å². The van der Waals surface area contributed by atoms with Gasteiger partial charge in [0.2, 0.25) is 0 Å². The Morgan fingerprint density at radius 2 is 1.80 bits per heavy atom. The van der Waals surface area contributed by atoms with Crippen LogP contribution in [0.4, 0.5) is 10.2 Å². The van der Waals surface area contributed by atoms with E-state index in [4.69, 9.17) is 15.0 Å². The minimum absolute atomic E-state index is 0.135. The van der Waals surface area contributed by atoms with E-state index in [1.54, 1.807) is 12.1 Å². The van der Waals surface area contributed by atoms with E-state index in [0.29, 0.717) is 11.0 Å². The highest BCUT2D eigenvalue weighted by atomic mass is 19.1. The fourth-order valence-corrected chi connectivity index (χ4v) is 2.26. The summed E-state index contributed by atoms with van der Waals surface area (Å²) < 4.78 is 26.3. The molecule has 1 aromatic heterocycles.